The summed E-state index contributed by atoms with van der Waals surface area (Å²) in [7, 11) is 4.04. The van der Waals surface area contributed by atoms with E-state index in [9.17, 15) is 4.79 Å². The van der Waals surface area contributed by atoms with Gasteiger partial charge in [0, 0.05) is 32.4 Å². The van der Waals surface area contributed by atoms with Gasteiger partial charge in [-0.3, -0.25) is 4.79 Å². The second-order valence-electron chi connectivity index (χ2n) is 5.53. The van der Waals surface area contributed by atoms with E-state index in [0.717, 1.165) is 25.1 Å². The summed E-state index contributed by atoms with van der Waals surface area (Å²) in [6.45, 7) is 0.766. The number of carbonyl (C=O) groups is 1. The lowest BCUT2D eigenvalue weighted by atomic mass is 10.0. The highest BCUT2D eigenvalue weighted by Crippen LogP contribution is 2.34. The van der Waals surface area contributed by atoms with Crippen molar-refractivity contribution in [2.24, 2.45) is 0 Å². The molecule has 3 rings (SSSR count). The maximum absolute atomic E-state index is 12.5. The van der Waals surface area contributed by atoms with Crippen LogP contribution in [-0.4, -0.2) is 36.6 Å². The van der Waals surface area contributed by atoms with E-state index in [4.69, 9.17) is 4.52 Å². The third-order valence-corrected chi connectivity index (χ3v) is 3.94. The van der Waals surface area contributed by atoms with Crippen LogP contribution < -0.4 is 4.90 Å². The van der Waals surface area contributed by atoms with Crippen LogP contribution in [0, 0.1) is 0 Å². The summed E-state index contributed by atoms with van der Waals surface area (Å²) in [5.74, 6) is -0.0542. The van der Waals surface area contributed by atoms with E-state index in [1.165, 1.54) is 11.8 Å². The smallest absolute Gasteiger partial charge is 0.276 e. The van der Waals surface area contributed by atoms with E-state index >= 15 is 0 Å². The van der Waals surface area contributed by atoms with Crippen molar-refractivity contribution in [2.75, 3.05) is 25.5 Å². The Morgan fingerprint density at radius 3 is 2.95 bits per heavy atom. The molecular formula is C16H19N3O2. The number of nitrogens with zero attached hydrogens (tertiary/aromatic N) is 3. The number of benzene rings is 1. The summed E-state index contributed by atoms with van der Waals surface area (Å²) in [5.41, 5.74) is 2.70. The molecule has 0 N–H and O–H groups in total. The molecule has 0 bridgehead atoms. The van der Waals surface area contributed by atoms with E-state index in [1.807, 2.05) is 25.1 Å². The van der Waals surface area contributed by atoms with Gasteiger partial charge in [0.25, 0.3) is 5.91 Å². The van der Waals surface area contributed by atoms with Gasteiger partial charge in [0.05, 0.1) is 6.04 Å². The number of rotatable bonds is 3. The van der Waals surface area contributed by atoms with Gasteiger partial charge in [-0.05, 0) is 30.5 Å². The van der Waals surface area contributed by atoms with Crippen LogP contribution in [0.15, 0.2) is 41.1 Å². The first-order chi connectivity index (χ1) is 10.2. The first kappa shape index (κ1) is 13.7. The summed E-state index contributed by atoms with van der Waals surface area (Å²) >= 11 is 0. The number of anilines is 1. The van der Waals surface area contributed by atoms with Gasteiger partial charge in [-0.15, -0.1) is 0 Å². The first-order valence-corrected chi connectivity index (χ1v) is 7.15. The third kappa shape index (κ3) is 2.63. The highest BCUT2D eigenvalue weighted by atomic mass is 16.5. The lowest BCUT2D eigenvalue weighted by Crippen LogP contribution is -2.30. The maximum atomic E-state index is 12.5. The van der Waals surface area contributed by atoms with Crippen molar-refractivity contribution < 1.29 is 9.32 Å². The number of aromatic nitrogens is 1. The zero-order valence-corrected chi connectivity index (χ0v) is 12.3. The highest BCUT2D eigenvalue weighted by Gasteiger charge is 2.31. The van der Waals surface area contributed by atoms with Crippen LogP contribution in [0.25, 0.3) is 0 Å². The average molecular weight is 285 g/mol. The van der Waals surface area contributed by atoms with Crippen molar-refractivity contribution in [1.29, 1.82) is 0 Å². The second kappa shape index (κ2) is 5.60. The number of hydrogen-bond acceptors (Lipinski definition) is 4. The van der Waals surface area contributed by atoms with E-state index in [1.54, 1.807) is 6.07 Å². The Labute approximate surface area is 124 Å². The first-order valence-electron chi connectivity index (χ1n) is 7.15. The summed E-state index contributed by atoms with van der Waals surface area (Å²) < 4.78 is 4.78. The minimum absolute atomic E-state index is 0.0542. The maximum Gasteiger partial charge on any atom is 0.276 e. The van der Waals surface area contributed by atoms with Crippen molar-refractivity contribution in [3.05, 3.63) is 47.9 Å². The van der Waals surface area contributed by atoms with Crippen LogP contribution in [0.3, 0.4) is 0 Å². The normalized spacial score (nSPS) is 18.0. The Morgan fingerprint density at radius 1 is 1.38 bits per heavy atom. The lowest BCUT2D eigenvalue weighted by Gasteiger charge is -2.25. The average Bonchev–Trinajstić information content (AvgIpc) is 3.18. The summed E-state index contributed by atoms with van der Waals surface area (Å²) in [6.07, 6.45) is 3.44. The minimum Gasteiger partial charge on any atom is -0.378 e. The van der Waals surface area contributed by atoms with E-state index in [-0.39, 0.29) is 11.9 Å². The molecule has 0 unspecified atom stereocenters. The summed E-state index contributed by atoms with van der Waals surface area (Å²) in [6, 6.07) is 10.1. The fourth-order valence-corrected chi connectivity index (χ4v) is 2.84. The zero-order chi connectivity index (χ0) is 14.8. The third-order valence-electron chi connectivity index (χ3n) is 3.94. The van der Waals surface area contributed by atoms with Crippen molar-refractivity contribution in [3.63, 3.8) is 0 Å². The van der Waals surface area contributed by atoms with Crippen LogP contribution >= 0.6 is 0 Å². The van der Waals surface area contributed by atoms with Gasteiger partial charge < -0.3 is 14.3 Å². The quantitative estimate of drug-likeness (QED) is 0.870. The van der Waals surface area contributed by atoms with Crippen LogP contribution in [0.2, 0.25) is 0 Å². The van der Waals surface area contributed by atoms with Crippen LogP contribution in [-0.2, 0) is 0 Å². The Balaban J connectivity index is 1.87. The molecule has 1 fully saturated rings. The van der Waals surface area contributed by atoms with Gasteiger partial charge in [0.1, 0.15) is 6.26 Å². The number of carbonyl (C=O) groups excluding carboxylic acids is 1. The predicted molar refractivity (Wildman–Crippen MR) is 80.3 cm³/mol. The number of amides is 1. The number of hydrogen-bond donors (Lipinski definition) is 0. The molecular weight excluding hydrogens is 266 g/mol. The molecule has 0 spiro atoms. The monoisotopic (exact) mass is 285 g/mol. The summed E-state index contributed by atoms with van der Waals surface area (Å²) in [5, 5.41) is 3.76. The molecule has 2 aromatic rings. The fourth-order valence-electron chi connectivity index (χ4n) is 2.84. The van der Waals surface area contributed by atoms with E-state index in [0.29, 0.717) is 5.69 Å². The van der Waals surface area contributed by atoms with Crippen LogP contribution in [0.4, 0.5) is 5.69 Å². The number of likely N-dealkylation sites (tertiary alicyclic amines) is 1. The van der Waals surface area contributed by atoms with Gasteiger partial charge in [-0.25, -0.2) is 0 Å². The Bertz CT molecular complexity index is 622. The molecule has 0 aliphatic carbocycles. The molecule has 5 heteroatoms. The zero-order valence-electron chi connectivity index (χ0n) is 12.3. The molecule has 1 saturated heterocycles. The molecule has 1 aromatic heterocycles. The van der Waals surface area contributed by atoms with Gasteiger partial charge in [-0.2, -0.15) is 0 Å². The molecule has 1 aliphatic heterocycles. The molecule has 1 aliphatic rings. The molecule has 1 amide bonds. The van der Waals surface area contributed by atoms with Crippen molar-refractivity contribution in [3.8, 4) is 0 Å². The molecule has 0 saturated carbocycles. The van der Waals surface area contributed by atoms with Gasteiger partial charge in [0.2, 0.25) is 0 Å². The van der Waals surface area contributed by atoms with Crippen molar-refractivity contribution in [2.45, 2.75) is 18.9 Å². The van der Waals surface area contributed by atoms with Crippen LogP contribution in [0.5, 0.6) is 0 Å². The molecule has 21 heavy (non-hydrogen) atoms. The van der Waals surface area contributed by atoms with Gasteiger partial charge in [-0.1, -0.05) is 17.3 Å². The van der Waals surface area contributed by atoms with E-state index < -0.39 is 0 Å². The highest BCUT2D eigenvalue weighted by molar-refractivity contribution is 5.92. The topological polar surface area (TPSA) is 49.6 Å². The largest absolute Gasteiger partial charge is 0.378 e. The molecule has 2 heterocycles. The molecule has 110 valence electrons. The SMILES string of the molecule is CN(C)c1cccc([C@@H]2CCCN2C(=O)c2ccon2)c1. The Morgan fingerprint density at radius 2 is 2.24 bits per heavy atom. The fraction of sp³-hybridized carbons (Fsp3) is 0.375. The second-order valence-corrected chi connectivity index (χ2v) is 5.53. The van der Waals surface area contributed by atoms with Gasteiger partial charge in [0.15, 0.2) is 5.69 Å². The Kier molecular flexibility index (Phi) is 3.64. The molecule has 1 aromatic carbocycles. The predicted octanol–water partition coefficient (Wildman–Crippen LogP) is 2.72. The summed E-state index contributed by atoms with van der Waals surface area (Å²) in [4.78, 5) is 16.5. The molecule has 0 radical (unpaired) electrons. The van der Waals surface area contributed by atoms with E-state index in [2.05, 4.69) is 28.3 Å². The van der Waals surface area contributed by atoms with Crippen molar-refractivity contribution in [1.82, 2.24) is 10.1 Å². The van der Waals surface area contributed by atoms with Gasteiger partial charge >= 0.3 is 0 Å². The lowest BCUT2D eigenvalue weighted by molar-refractivity contribution is 0.0725. The minimum atomic E-state index is -0.0542. The van der Waals surface area contributed by atoms with Crippen molar-refractivity contribution >= 4 is 11.6 Å². The van der Waals surface area contributed by atoms with Crippen LogP contribution in [0.1, 0.15) is 34.9 Å². The standard InChI is InChI=1S/C16H19N3O2/c1-18(2)13-6-3-5-12(11-13)15-7-4-9-19(15)16(20)14-8-10-21-17-14/h3,5-6,8,10-11,15H,4,7,9H2,1-2H3/t15-/m0/s1. The molecule has 5 nitrogen and oxygen atoms in total. The Hall–Kier alpha value is -2.30. The molecule has 1 atom stereocenters.